The van der Waals surface area contributed by atoms with E-state index in [4.69, 9.17) is 0 Å². The van der Waals surface area contributed by atoms with E-state index in [0.29, 0.717) is 0 Å². The van der Waals surface area contributed by atoms with Gasteiger partial charge in [0.25, 0.3) is 0 Å². The smallest absolute Gasteiger partial charge is 0.249 e. The molecule has 3 heterocycles. The van der Waals surface area contributed by atoms with Gasteiger partial charge in [-0.05, 0) is 39.5 Å². The van der Waals surface area contributed by atoms with Crippen LogP contribution in [-0.4, -0.2) is 45.8 Å². The van der Waals surface area contributed by atoms with Crippen LogP contribution in [0.4, 0.5) is 0 Å². The van der Waals surface area contributed by atoms with Gasteiger partial charge in [-0.3, -0.25) is 9.59 Å². The first-order chi connectivity index (χ1) is 7.50. The lowest BCUT2D eigenvalue weighted by atomic mass is 9.86. The summed E-state index contributed by atoms with van der Waals surface area (Å²) in [7, 11) is 0. The Kier molecular flexibility index (Phi) is 1.76. The first-order valence-corrected chi connectivity index (χ1v) is 6.14. The normalized spacial score (nSPS) is 42.6. The van der Waals surface area contributed by atoms with E-state index in [-0.39, 0.29) is 11.8 Å². The summed E-state index contributed by atoms with van der Waals surface area (Å²) >= 11 is 0. The van der Waals surface area contributed by atoms with E-state index in [9.17, 15) is 9.59 Å². The van der Waals surface area contributed by atoms with Gasteiger partial charge in [0, 0.05) is 13.1 Å². The van der Waals surface area contributed by atoms with E-state index >= 15 is 0 Å². The zero-order valence-electron chi connectivity index (χ0n) is 9.95. The van der Waals surface area contributed by atoms with Crippen LogP contribution in [-0.2, 0) is 9.59 Å². The topological polar surface area (TPSA) is 40.6 Å². The number of carbonyl (C=O) groups excluding carboxylic acids is 2. The van der Waals surface area contributed by atoms with Crippen molar-refractivity contribution in [1.82, 2.24) is 9.80 Å². The second kappa shape index (κ2) is 2.79. The van der Waals surface area contributed by atoms with Crippen molar-refractivity contribution in [2.75, 3.05) is 13.1 Å². The average molecular weight is 222 g/mol. The van der Waals surface area contributed by atoms with Gasteiger partial charge in [-0.1, -0.05) is 0 Å². The number of nitrogens with zero attached hydrogens (tertiary/aromatic N) is 2. The van der Waals surface area contributed by atoms with Crippen molar-refractivity contribution in [1.29, 1.82) is 0 Å². The monoisotopic (exact) mass is 222 g/mol. The third kappa shape index (κ3) is 0.913. The first-order valence-electron chi connectivity index (χ1n) is 6.14. The Morgan fingerprint density at radius 1 is 0.875 bits per heavy atom. The Hall–Kier alpha value is -1.06. The van der Waals surface area contributed by atoms with E-state index in [2.05, 4.69) is 0 Å². The van der Waals surface area contributed by atoms with Gasteiger partial charge >= 0.3 is 0 Å². The van der Waals surface area contributed by atoms with Crippen molar-refractivity contribution >= 4 is 11.8 Å². The maximum Gasteiger partial charge on any atom is 0.249 e. The molecule has 88 valence electrons. The lowest BCUT2D eigenvalue weighted by Gasteiger charge is -2.50. The fourth-order valence-corrected chi connectivity index (χ4v) is 3.60. The fourth-order valence-electron chi connectivity index (χ4n) is 3.60. The molecule has 0 N–H and O–H groups in total. The number of amides is 2. The molecule has 16 heavy (non-hydrogen) atoms. The van der Waals surface area contributed by atoms with Crippen LogP contribution in [0.2, 0.25) is 0 Å². The van der Waals surface area contributed by atoms with Gasteiger partial charge in [0.2, 0.25) is 11.8 Å². The molecule has 4 heteroatoms. The van der Waals surface area contributed by atoms with Crippen molar-refractivity contribution in [3.05, 3.63) is 0 Å². The summed E-state index contributed by atoms with van der Waals surface area (Å²) in [6, 6.07) is 0. The molecule has 3 aliphatic rings. The Morgan fingerprint density at radius 3 is 1.62 bits per heavy atom. The number of piperazine rings is 1. The van der Waals surface area contributed by atoms with E-state index in [0.717, 1.165) is 38.8 Å². The highest BCUT2D eigenvalue weighted by atomic mass is 16.2. The van der Waals surface area contributed by atoms with E-state index < -0.39 is 11.1 Å². The fraction of sp³-hybridized carbons (Fsp3) is 0.833. The lowest BCUT2D eigenvalue weighted by Crippen LogP contribution is -2.71. The summed E-state index contributed by atoms with van der Waals surface area (Å²) in [6.07, 6.45) is 3.56. The van der Waals surface area contributed by atoms with Crippen LogP contribution in [0.3, 0.4) is 0 Å². The van der Waals surface area contributed by atoms with Crippen LogP contribution in [0.5, 0.6) is 0 Å². The molecule has 0 unspecified atom stereocenters. The summed E-state index contributed by atoms with van der Waals surface area (Å²) < 4.78 is 0. The van der Waals surface area contributed by atoms with Crippen LogP contribution in [0.25, 0.3) is 0 Å². The molecule has 4 nitrogen and oxygen atoms in total. The van der Waals surface area contributed by atoms with Gasteiger partial charge in [0.05, 0.1) is 0 Å². The van der Waals surface area contributed by atoms with Gasteiger partial charge in [-0.25, -0.2) is 0 Å². The first kappa shape index (κ1) is 10.1. The molecule has 2 atom stereocenters. The van der Waals surface area contributed by atoms with Crippen LogP contribution in [0, 0.1) is 0 Å². The lowest BCUT2D eigenvalue weighted by molar-refractivity contribution is -0.171. The minimum atomic E-state index is -0.541. The average Bonchev–Trinajstić information content (AvgIpc) is 2.81. The minimum absolute atomic E-state index is 0.171. The maximum atomic E-state index is 12.5. The Bertz CT molecular complexity index is 345. The van der Waals surface area contributed by atoms with Crippen molar-refractivity contribution < 1.29 is 9.59 Å². The molecule has 0 aromatic carbocycles. The number of carbonyl (C=O) groups is 2. The van der Waals surface area contributed by atoms with E-state index in [1.807, 2.05) is 23.6 Å². The second-order valence-electron chi connectivity index (χ2n) is 5.67. The van der Waals surface area contributed by atoms with Crippen molar-refractivity contribution in [3.8, 4) is 0 Å². The van der Waals surface area contributed by atoms with Crippen LogP contribution >= 0.6 is 0 Å². The van der Waals surface area contributed by atoms with Crippen LogP contribution < -0.4 is 0 Å². The summed E-state index contributed by atoms with van der Waals surface area (Å²) in [5.41, 5.74) is -1.08. The van der Waals surface area contributed by atoms with Gasteiger partial charge in [-0.2, -0.15) is 0 Å². The number of rotatable bonds is 0. The van der Waals surface area contributed by atoms with E-state index in [1.54, 1.807) is 0 Å². The molecule has 3 saturated heterocycles. The largest absolute Gasteiger partial charge is 0.326 e. The highest BCUT2D eigenvalue weighted by Crippen LogP contribution is 2.44. The molecule has 0 aliphatic carbocycles. The van der Waals surface area contributed by atoms with Gasteiger partial charge < -0.3 is 9.80 Å². The summed E-state index contributed by atoms with van der Waals surface area (Å²) in [4.78, 5) is 28.6. The van der Waals surface area contributed by atoms with Crippen LogP contribution in [0.15, 0.2) is 0 Å². The predicted molar refractivity (Wildman–Crippen MR) is 58.7 cm³/mol. The number of hydrogen-bond donors (Lipinski definition) is 0. The van der Waals surface area contributed by atoms with Crippen LogP contribution in [0.1, 0.15) is 39.5 Å². The molecule has 0 radical (unpaired) electrons. The molecule has 3 rings (SSSR count). The molecule has 0 aromatic rings. The Morgan fingerprint density at radius 2 is 1.25 bits per heavy atom. The highest BCUT2D eigenvalue weighted by molar-refractivity contribution is 6.02. The van der Waals surface area contributed by atoms with Gasteiger partial charge in [-0.15, -0.1) is 0 Å². The molecule has 3 fully saturated rings. The Balaban J connectivity index is 2.09. The molecule has 0 aromatic heterocycles. The molecule has 0 spiro atoms. The predicted octanol–water partition coefficient (Wildman–Crippen LogP) is 0.762. The molecule has 2 amide bonds. The zero-order chi connectivity index (χ0) is 11.6. The molecule has 0 bridgehead atoms. The quantitative estimate of drug-likeness (QED) is 0.607. The highest BCUT2D eigenvalue weighted by Gasteiger charge is 2.61. The SMILES string of the molecule is C[C@@]12CCCN1C(=O)[C@]1(C)CCCN1C2=O. The zero-order valence-corrected chi connectivity index (χ0v) is 9.95. The number of hydrogen-bond acceptors (Lipinski definition) is 2. The van der Waals surface area contributed by atoms with Crippen molar-refractivity contribution in [2.45, 2.75) is 50.6 Å². The molecule has 0 saturated carbocycles. The second-order valence-corrected chi connectivity index (χ2v) is 5.67. The summed E-state index contributed by atoms with van der Waals surface area (Å²) in [5, 5.41) is 0. The summed E-state index contributed by atoms with van der Waals surface area (Å²) in [6.45, 7) is 5.37. The molecular weight excluding hydrogens is 204 g/mol. The third-order valence-electron chi connectivity index (χ3n) is 4.69. The minimum Gasteiger partial charge on any atom is -0.326 e. The van der Waals surface area contributed by atoms with Gasteiger partial charge in [0.15, 0.2) is 0 Å². The molecule has 3 aliphatic heterocycles. The van der Waals surface area contributed by atoms with Crippen molar-refractivity contribution in [3.63, 3.8) is 0 Å². The Labute approximate surface area is 95.6 Å². The van der Waals surface area contributed by atoms with Crippen molar-refractivity contribution in [2.24, 2.45) is 0 Å². The molecular formula is C12H18N2O2. The summed E-state index contributed by atoms with van der Waals surface area (Å²) in [5.74, 6) is 0.342. The third-order valence-corrected chi connectivity index (χ3v) is 4.69. The van der Waals surface area contributed by atoms with E-state index in [1.165, 1.54) is 0 Å². The number of fused-ring (bicyclic) bond motifs is 2. The van der Waals surface area contributed by atoms with Gasteiger partial charge in [0.1, 0.15) is 11.1 Å². The maximum absolute atomic E-state index is 12.5. The standard InChI is InChI=1S/C12H18N2O2/c1-11-5-3-7-13(11)10(16)12(2)6-4-8-14(12)9(11)15/h3-8H2,1-2H3/t11-,12-/m0/s1.